The molecule has 2 aliphatic rings. The summed E-state index contributed by atoms with van der Waals surface area (Å²) in [7, 11) is 0. The van der Waals surface area contributed by atoms with E-state index in [0.29, 0.717) is 12.5 Å². The van der Waals surface area contributed by atoms with E-state index in [1.54, 1.807) is 0 Å². The van der Waals surface area contributed by atoms with Crippen LogP contribution < -0.4 is 5.32 Å². The summed E-state index contributed by atoms with van der Waals surface area (Å²) in [6, 6.07) is 0.287. The van der Waals surface area contributed by atoms with Crippen molar-refractivity contribution >= 4 is 6.09 Å². The van der Waals surface area contributed by atoms with E-state index < -0.39 is 0 Å². The standard InChI is InChI=1S/C10H18N2O2/c1-10(2,3)12-4-7-6-14-9(13)11-8(7)5-12/h7-8H,4-6H2,1-3H3,(H,11,13). The first-order valence-corrected chi connectivity index (χ1v) is 5.15. The molecule has 2 fully saturated rings. The van der Waals surface area contributed by atoms with Gasteiger partial charge in [0.05, 0.1) is 12.6 Å². The Bertz CT molecular complexity index is 247. The second-order valence-corrected chi connectivity index (χ2v) is 5.19. The summed E-state index contributed by atoms with van der Waals surface area (Å²) in [5, 5.41) is 2.88. The number of nitrogens with one attached hydrogen (secondary N) is 1. The lowest BCUT2D eigenvalue weighted by Crippen LogP contribution is -2.47. The minimum absolute atomic E-state index is 0.183. The maximum absolute atomic E-state index is 11.0. The molecule has 4 nitrogen and oxygen atoms in total. The van der Waals surface area contributed by atoms with Crippen LogP contribution >= 0.6 is 0 Å². The highest BCUT2D eigenvalue weighted by Gasteiger charge is 2.41. The lowest BCUT2D eigenvalue weighted by molar-refractivity contribution is 0.0932. The number of ether oxygens (including phenoxy) is 1. The van der Waals surface area contributed by atoms with Crippen LogP contribution in [0.4, 0.5) is 4.79 Å². The third-order valence-corrected chi connectivity index (χ3v) is 3.12. The number of likely N-dealkylation sites (tertiary alicyclic amines) is 1. The maximum atomic E-state index is 11.0. The van der Waals surface area contributed by atoms with Crippen molar-refractivity contribution in [2.45, 2.75) is 32.4 Å². The zero-order valence-electron chi connectivity index (χ0n) is 9.04. The minimum Gasteiger partial charge on any atom is -0.449 e. The minimum atomic E-state index is -0.262. The smallest absolute Gasteiger partial charge is 0.407 e. The maximum Gasteiger partial charge on any atom is 0.407 e. The van der Waals surface area contributed by atoms with Crippen LogP contribution in [0, 0.1) is 5.92 Å². The summed E-state index contributed by atoms with van der Waals surface area (Å²) < 4.78 is 4.98. The summed E-state index contributed by atoms with van der Waals surface area (Å²) in [4.78, 5) is 13.4. The van der Waals surface area contributed by atoms with E-state index in [2.05, 4.69) is 31.0 Å². The molecule has 0 bridgehead atoms. The normalized spacial score (nSPS) is 33.5. The van der Waals surface area contributed by atoms with Crippen LogP contribution in [0.1, 0.15) is 20.8 Å². The molecule has 0 saturated carbocycles. The van der Waals surface area contributed by atoms with Crippen LogP contribution in [0.2, 0.25) is 0 Å². The average molecular weight is 198 g/mol. The highest BCUT2D eigenvalue weighted by Crippen LogP contribution is 2.26. The number of hydrogen-bond acceptors (Lipinski definition) is 3. The van der Waals surface area contributed by atoms with E-state index in [4.69, 9.17) is 4.74 Å². The molecule has 0 aromatic rings. The van der Waals surface area contributed by atoms with Gasteiger partial charge in [0, 0.05) is 24.5 Å². The molecule has 1 N–H and O–H groups in total. The number of fused-ring (bicyclic) bond motifs is 1. The van der Waals surface area contributed by atoms with Gasteiger partial charge in [0.15, 0.2) is 0 Å². The van der Waals surface area contributed by atoms with E-state index >= 15 is 0 Å². The van der Waals surface area contributed by atoms with Crippen LogP contribution in [0.3, 0.4) is 0 Å². The third-order valence-electron chi connectivity index (χ3n) is 3.12. The quantitative estimate of drug-likeness (QED) is 0.626. The molecule has 0 aliphatic carbocycles. The molecule has 2 atom stereocenters. The fraction of sp³-hybridized carbons (Fsp3) is 0.900. The van der Waals surface area contributed by atoms with E-state index in [1.807, 2.05) is 0 Å². The summed E-state index contributed by atoms with van der Waals surface area (Å²) in [5.74, 6) is 0.465. The van der Waals surface area contributed by atoms with Gasteiger partial charge >= 0.3 is 6.09 Å². The van der Waals surface area contributed by atoms with Gasteiger partial charge in [-0.2, -0.15) is 0 Å². The Morgan fingerprint density at radius 3 is 2.79 bits per heavy atom. The summed E-state index contributed by atoms with van der Waals surface area (Å²) in [5.41, 5.74) is 0.183. The average Bonchev–Trinajstić information content (AvgIpc) is 2.45. The molecule has 2 heterocycles. The van der Waals surface area contributed by atoms with E-state index in [0.717, 1.165) is 13.1 Å². The molecule has 2 unspecified atom stereocenters. The second-order valence-electron chi connectivity index (χ2n) is 5.19. The number of carbonyl (C=O) groups is 1. The van der Waals surface area contributed by atoms with Crippen molar-refractivity contribution in [3.05, 3.63) is 0 Å². The van der Waals surface area contributed by atoms with Gasteiger partial charge in [-0.25, -0.2) is 4.79 Å². The van der Waals surface area contributed by atoms with Crippen LogP contribution in [0.15, 0.2) is 0 Å². The van der Waals surface area contributed by atoms with Crippen molar-refractivity contribution in [1.29, 1.82) is 0 Å². The van der Waals surface area contributed by atoms with Crippen LogP contribution in [-0.4, -0.2) is 42.3 Å². The molecule has 2 aliphatic heterocycles. The predicted molar refractivity (Wildman–Crippen MR) is 53.1 cm³/mol. The van der Waals surface area contributed by atoms with E-state index in [9.17, 15) is 4.79 Å². The molecule has 80 valence electrons. The number of alkyl carbamates (subject to hydrolysis) is 1. The third kappa shape index (κ3) is 1.71. The Morgan fingerprint density at radius 2 is 2.14 bits per heavy atom. The molecular formula is C10H18N2O2. The molecule has 2 saturated heterocycles. The van der Waals surface area contributed by atoms with Gasteiger partial charge in [-0.05, 0) is 20.8 Å². The van der Waals surface area contributed by atoms with Crippen molar-refractivity contribution in [2.24, 2.45) is 5.92 Å². The SMILES string of the molecule is CC(C)(C)N1CC2COC(=O)NC2C1. The van der Waals surface area contributed by atoms with Crippen LogP contribution in [-0.2, 0) is 4.74 Å². The molecule has 4 heteroatoms. The fourth-order valence-corrected chi connectivity index (χ4v) is 2.13. The topological polar surface area (TPSA) is 41.6 Å². The Balaban J connectivity index is 2.02. The zero-order valence-corrected chi connectivity index (χ0v) is 9.04. The van der Waals surface area contributed by atoms with Gasteiger partial charge in [0.1, 0.15) is 0 Å². The van der Waals surface area contributed by atoms with Crippen LogP contribution in [0.5, 0.6) is 0 Å². The van der Waals surface area contributed by atoms with Gasteiger partial charge in [0.25, 0.3) is 0 Å². The van der Waals surface area contributed by atoms with E-state index in [1.165, 1.54) is 0 Å². The lowest BCUT2D eigenvalue weighted by Gasteiger charge is -2.31. The molecule has 0 spiro atoms. The van der Waals surface area contributed by atoms with Crippen molar-refractivity contribution in [2.75, 3.05) is 19.7 Å². The molecule has 0 radical (unpaired) electrons. The highest BCUT2D eigenvalue weighted by atomic mass is 16.6. The Hall–Kier alpha value is -0.770. The fourth-order valence-electron chi connectivity index (χ4n) is 2.13. The molecule has 1 amide bonds. The number of carbonyl (C=O) groups excluding carboxylic acids is 1. The lowest BCUT2D eigenvalue weighted by atomic mass is 10.0. The highest BCUT2D eigenvalue weighted by molar-refractivity contribution is 5.68. The van der Waals surface area contributed by atoms with Crippen LogP contribution in [0.25, 0.3) is 0 Å². The van der Waals surface area contributed by atoms with E-state index in [-0.39, 0.29) is 17.7 Å². The molecule has 2 rings (SSSR count). The number of hydrogen-bond donors (Lipinski definition) is 1. The molecule has 14 heavy (non-hydrogen) atoms. The first-order valence-electron chi connectivity index (χ1n) is 5.15. The summed E-state index contributed by atoms with van der Waals surface area (Å²) >= 11 is 0. The van der Waals surface area contributed by atoms with Gasteiger partial charge in [-0.3, -0.25) is 4.90 Å². The van der Waals surface area contributed by atoms with Gasteiger partial charge in [-0.1, -0.05) is 0 Å². The molecule has 0 aromatic heterocycles. The zero-order chi connectivity index (χ0) is 10.3. The Kier molecular flexibility index (Phi) is 2.18. The van der Waals surface area contributed by atoms with Gasteiger partial charge in [0.2, 0.25) is 0 Å². The molecule has 0 aromatic carbocycles. The number of cyclic esters (lactones) is 1. The first kappa shape index (κ1) is 9.77. The summed E-state index contributed by atoms with van der Waals surface area (Å²) in [6.45, 7) is 9.15. The number of nitrogens with zero attached hydrogens (tertiary/aromatic N) is 1. The van der Waals surface area contributed by atoms with Gasteiger partial charge < -0.3 is 10.1 Å². The number of rotatable bonds is 0. The van der Waals surface area contributed by atoms with Crippen molar-refractivity contribution < 1.29 is 9.53 Å². The number of amides is 1. The first-order chi connectivity index (χ1) is 6.47. The monoisotopic (exact) mass is 198 g/mol. The Labute approximate surface area is 84.6 Å². The van der Waals surface area contributed by atoms with Crippen molar-refractivity contribution in [1.82, 2.24) is 10.2 Å². The predicted octanol–water partition coefficient (Wildman–Crippen LogP) is 0.825. The molecular weight excluding hydrogens is 180 g/mol. The van der Waals surface area contributed by atoms with Crippen molar-refractivity contribution in [3.63, 3.8) is 0 Å². The Morgan fingerprint density at radius 1 is 1.43 bits per heavy atom. The van der Waals surface area contributed by atoms with Gasteiger partial charge in [-0.15, -0.1) is 0 Å². The largest absolute Gasteiger partial charge is 0.449 e. The summed E-state index contributed by atoms with van der Waals surface area (Å²) in [6.07, 6.45) is -0.262. The van der Waals surface area contributed by atoms with Crippen molar-refractivity contribution in [3.8, 4) is 0 Å². The second kappa shape index (κ2) is 3.12.